The van der Waals surface area contributed by atoms with Crippen molar-refractivity contribution in [2.75, 3.05) is 17.7 Å². The first-order chi connectivity index (χ1) is 11.9. The van der Waals surface area contributed by atoms with Gasteiger partial charge in [0.1, 0.15) is 5.75 Å². The molecule has 3 N–H and O–H groups in total. The van der Waals surface area contributed by atoms with Crippen LogP contribution in [0.25, 0.3) is 0 Å². The molecule has 7 heteroatoms. The van der Waals surface area contributed by atoms with Crippen LogP contribution in [0.4, 0.5) is 16.2 Å². The number of amides is 3. The summed E-state index contributed by atoms with van der Waals surface area (Å²) in [5.74, 6) is 0.309. The molecule has 0 heterocycles. The molecule has 0 spiro atoms. The summed E-state index contributed by atoms with van der Waals surface area (Å²) < 4.78 is 5.07. The van der Waals surface area contributed by atoms with Crippen molar-refractivity contribution in [3.63, 3.8) is 0 Å². The number of rotatable bonds is 5. The second kappa shape index (κ2) is 8.39. The van der Waals surface area contributed by atoms with Gasteiger partial charge < -0.3 is 20.7 Å². The normalized spacial score (nSPS) is 10.3. The largest absolute Gasteiger partial charge is 0.497 e. The van der Waals surface area contributed by atoms with Crippen molar-refractivity contribution in [3.05, 3.63) is 53.1 Å². The molecule has 3 amide bonds. The molecule has 0 radical (unpaired) electrons. The van der Waals surface area contributed by atoms with Gasteiger partial charge in [0.2, 0.25) is 0 Å². The van der Waals surface area contributed by atoms with Crippen molar-refractivity contribution in [1.29, 1.82) is 0 Å². The summed E-state index contributed by atoms with van der Waals surface area (Å²) in [6.45, 7) is 3.74. The van der Waals surface area contributed by atoms with Gasteiger partial charge in [-0.25, -0.2) is 4.79 Å². The van der Waals surface area contributed by atoms with E-state index < -0.39 is 0 Å². The van der Waals surface area contributed by atoms with Crippen LogP contribution in [0.5, 0.6) is 5.75 Å². The Balaban J connectivity index is 2.02. The van der Waals surface area contributed by atoms with Crippen molar-refractivity contribution in [2.45, 2.75) is 19.9 Å². The standard InChI is InChI=1S/C18H20ClN3O3/c1-11(2)20-18(24)21-13-6-4-12(5-7-13)17(23)22-16-9-8-14(25-3)10-15(16)19/h4-11H,1-3H3,(H,22,23)(H2,20,21,24). The highest BCUT2D eigenvalue weighted by Crippen LogP contribution is 2.27. The summed E-state index contributed by atoms with van der Waals surface area (Å²) >= 11 is 6.11. The average molecular weight is 362 g/mol. The van der Waals surface area contributed by atoms with E-state index in [0.29, 0.717) is 27.7 Å². The Hall–Kier alpha value is -2.73. The third kappa shape index (κ3) is 5.39. The summed E-state index contributed by atoms with van der Waals surface area (Å²) in [6, 6.07) is 11.3. The van der Waals surface area contributed by atoms with Gasteiger partial charge in [-0.1, -0.05) is 11.6 Å². The maximum absolute atomic E-state index is 12.3. The molecule has 0 saturated carbocycles. The number of ether oxygens (including phenoxy) is 1. The maximum atomic E-state index is 12.3. The van der Waals surface area contributed by atoms with E-state index in [-0.39, 0.29) is 18.0 Å². The van der Waals surface area contributed by atoms with Crippen LogP contribution in [-0.2, 0) is 0 Å². The van der Waals surface area contributed by atoms with E-state index in [1.165, 1.54) is 0 Å². The number of carbonyl (C=O) groups excluding carboxylic acids is 2. The molecule has 0 atom stereocenters. The first-order valence-electron chi connectivity index (χ1n) is 7.71. The molecule has 0 aliphatic carbocycles. The van der Waals surface area contributed by atoms with Crippen LogP contribution in [0.2, 0.25) is 5.02 Å². The van der Waals surface area contributed by atoms with Crippen molar-refractivity contribution >= 4 is 34.9 Å². The van der Waals surface area contributed by atoms with Gasteiger partial charge in [-0.2, -0.15) is 0 Å². The lowest BCUT2D eigenvalue weighted by Gasteiger charge is -2.11. The van der Waals surface area contributed by atoms with Crippen molar-refractivity contribution in [3.8, 4) is 5.75 Å². The number of anilines is 2. The second-order valence-corrected chi connectivity index (χ2v) is 6.04. The molecule has 2 aromatic carbocycles. The summed E-state index contributed by atoms with van der Waals surface area (Å²) in [6.07, 6.45) is 0. The van der Waals surface area contributed by atoms with Crippen molar-refractivity contribution < 1.29 is 14.3 Å². The smallest absolute Gasteiger partial charge is 0.319 e. The van der Waals surface area contributed by atoms with Crippen LogP contribution >= 0.6 is 11.6 Å². The SMILES string of the molecule is COc1ccc(NC(=O)c2ccc(NC(=O)NC(C)C)cc2)c(Cl)c1. The zero-order valence-electron chi connectivity index (χ0n) is 14.2. The highest BCUT2D eigenvalue weighted by Gasteiger charge is 2.10. The summed E-state index contributed by atoms with van der Waals surface area (Å²) in [5, 5.41) is 8.54. The van der Waals surface area contributed by atoms with Gasteiger partial charge in [0.15, 0.2) is 0 Å². The average Bonchev–Trinajstić information content (AvgIpc) is 2.56. The number of benzene rings is 2. The van der Waals surface area contributed by atoms with Crippen LogP contribution in [0, 0.1) is 0 Å². The van der Waals surface area contributed by atoms with Crippen LogP contribution < -0.4 is 20.7 Å². The lowest BCUT2D eigenvalue weighted by Crippen LogP contribution is -2.34. The van der Waals surface area contributed by atoms with Gasteiger partial charge in [-0.3, -0.25) is 4.79 Å². The lowest BCUT2D eigenvalue weighted by atomic mass is 10.2. The first-order valence-corrected chi connectivity index (χ1v) is 8.09. The summed E-state index contributed by atoms with van der Waals surface area (Å²) in [5.41, 5.74) is 1.53. The maximum Gasteiger partial charge on any atom is 0.319 e. The Morgan fingerprint density at radius 3 is 2.28 bits per heavy atom. The Bertz CT molecular complexity index is 761. The Labute approximate surface area is 151 Å². The van der Waals surface area contributed by atoms with Crippen LogP contribution in [0.15, 0.2) is 42.5 Å². The van der Waals surface area contributed by atoms with E-state index in [2.05, 4.69) is 16.0 Å². The minimum atomic E-state index is -0.301. The zero-order valence-corrected chi connectivity index (χ0v) is 15.0. The molecular weight excluding hydrogens is 342 g/mol. The van der Waals surface area contributed by atoms with Gasteiger partial charge in [0.25, 0.3) is 5.91 Å². The molecular formula is C18H20ClN3O3. The Kier molecular flexibility index (Phi) is 6.25. The molecule has 0 saturated heterocycles. The molecule has 132 valence electrons. The fourth-order valence-electron chi connectivity index (χ4n) is 2.05. The third-order valence-electron chi connectivity index (χ3n) is 3.25. The number of urea groups is 1. The minimum Gasteiger partial charge on any atom is -0.497 e. The molecule has 25 heavy (non-hydrogen) atoms. The number of carbonyl (C=O) groups is 2. The van der Waals surface area contributed by atoms with E-state index in [1.807, 2.05) is 13.8 Å². The topological polar surface area (TPSA) is 79.5 Å². The van der Waals surface area contributed by atoms with Gasteiger partial charge >= 0.3 is 6.03 Å². The molecule has 0 fully saturated rings. The van der Waals surface area contributed by atoms with Crippen LogP contribution in [0.1, 0.15) is 24.2 Å². The second-order valence-electron chi connectivity index (χ2n) is 5.63. The predicted octanol–water partition coefficient (Wildman–Crippen LogP) is 4.13. The molecule has 6 nitrogen and oxygen atoms in total. The fourth-order valence-corrected chi connectivity index (χ4v) is 2.27. The molecule has 0 unspecified atom stereocenters. The van der Waals surface area contributed by atoms with E-state index in [4.69, 9.17) is 16.3 Å². The van der Waals surface area contributed by atoms with E-state index >= 15 is 0 Å². The van der Waals surface area contributed by atoms with E-state index in [9.17, 15) is 9.59 Å². The molecule has 0 aliphatic heterocycles. The summed E-state index contributed by atoms with van der Waals surface area (Å²) in [4.78, 5) is 23.9. The van der Waals surface area contributed by atoms with E-state index in [1.54, 1.807) is 49.6 Å². The van der Waals surface area contributed by atoms with Gasteiger partial charge in [-0.15, -0.1) is 0 Å². The van der Waals surface area contributed by atoms with E-state index in [0.717, 1.165) is 0 Å². The number of hydrogen-bond acceptors (Lipinski definition) is 3. The molecule has 2 aromatic rings. The van der Waals surface area contributed by atoms with Gasteiger partial charge in [0.05, 0.1) is 17.8 Å². The number of nitrogens with one attached hydrogen (secondary N) is 3. The number of halogens is 1. The monoisotopic (exact) mass is 361 g/mol. The van der Waals surface area contributed by atoms with Crippen molar-refractivity contribution in [1.82, 2.24) is 5.32 Å². The van der Waals surface area contributed by atoms with Crippen LogP contribution in [0.3, 0.4) is 0 Å². The quantitative estimate of drug-likeness (QED) is 0.749. The first kappa shape index (κ1) is 18.6. The van der Waals surface area contributed by atoms with Crippen molar-refractivity contribution in [2.24, 2.45) is 0 Å². The number of hydrogen-bond donors (Lipinski definition) is 3. The highest BCUT2D eigenvalue weighted by molar-refractivity contribution is 6.34. The van der Waals surface area contributed by atoms with Gasteiger partial charge in [0, 0.05) is 23.4 Å². The van der Waals surface area contributed by atoms with Gasteiger partial charge in [-0.05, 0) is 50.2 Å². The molecule has 0 aliphatic rings. The lowest BCUT2D eigenvalue weighted by molar-refractivity contribution is 0.102. The molecule has 0 bridgehead atoms. The Morgan fingerprint density at radius 1 is 1.04 bits per heavy atom. The Morgan fingerprint density at radius 2 is 1.72 bits per heavy atom. The molecule has 0 aromatic heterocycles. The predicted molar refractivity (Wildman–Crippen MR) is 99.7 cm³/mol. The third-order valence-corrected chi connectivity index (χ3v) is 3.56. The van der Waals surface area contributed by atoms with Crippen LogP contribution in [-0.4, -0.2) is 25.1 Å². The number of methoxy groups -OCH3 is 1. The highest BCUT2D eigenvalue weighted by atomic mass is 35.5. The fraction of sp³-hybridized carbons (Fsp3) is 0.222. The summed E-state index contributed by atoms with van der Waals surface area (Å²) in [7, 11) is 1.54. The molecule has 2 rings (SSSR count). The minimum absolute atomic E-state index is 0.0410. The zero-order chi connectivity index (χ0) is 18.4.